The lowest BCUT2D eigenvalue weighted by Crippen LogP contribution is -2.36. The van der Waals surface area contributed by atoms with Crippen LogP contribution in [0.4, 0.5) is 4.79 Å². The highest BCUT2D eigenvalue weighted by Gasteiger charge is 2.50. The van der Waals surface area contributed by atoms with E-state index >= 15 is 0 Å². The fourth-order valence-electron chi connectivity index (χ4n) is 9.86. The fraction of sp³-hybridized carbons (Fsp3) is 0.786. The van der Waals surface area contributed by atoms with Crippen LogP contribution in [-0.2, 0) is 14.3 Å². The van der Waals surface area contributed by atoms with Crippen molar-refractivity contribution >= 4 is 29.6 Å². The molecule has 3 saturated carbocycles. The Hall–Kier alpha value is -2.30. The zero-order valence-electron chi connectivity index (χ0n) is 32.5. The first-order valence-electron chi connectivity index (χ1n) is 20.5. The van der Waals surface area contributed by atoms with Gasteiger partial charge in [-0.15, -0.1) is 11.8 Å². The standard InChI is InChI=1S/C42H68N4O5S/c1-28-14-17-32(25-31(28)16-15-30-12-9-21-42(5)34(18-19-35(30)42)29(2)11-8-20-41(3,4)50)51-24-10-23-43-37(47)13-6-7-22-44-38(48)27-33-26-36-39(52-33)46-40(49)45-36/h15-16,29,32-36,39,50H,1,6-14,17-27H2,2-5H3,(H,43,47)(H,44,48)(H2,45,46,49)/b30-15+,31-16-/t29-,32+,33?,34?,35?,36-,39+,42-/m1/s1. The van der Waals surface area contributed by atoms with Crippen LogP contribution < -0.4 is 21.3 Å². The zero-order chi connectivity index (χ0) is 37.3. The highest BCUT2D eigenvalue weighted by atomic mass is 32.2. The molecule has 9 nitrogen and oxygen atoms in total. The topological polar surface area (TPSA) is 129 Å². The van der Waals surface area contributed by atoms with Crippen LogP contribution >= 0.6 is 11.8 Å². The van der Waals surface area contributed by atoms with Crippen LogP contribution in [-0.4, -0.2) is 71.0 Å². The fourth-order valence-corrected chi connectivity index (χ4v) is 11.4. The van der Waals surface area contributed by atoms with Crippen molar-refractivity contribution < 1.29 is 24.2 Å². The molecule has 0 aromatic rings. The van der Waals surface area contributed by atoms with E-state index in [4.69, 9.17) is 4.74 Å². The smallest absolute Gasteiger partial charge is 0.316 e. The number of allylic oxidation sites excluding steroid dienone is 4. The number of rotatable bonds is 18. The molecule has 0 aromatic carbocycles. The molecular weight excluding hydrogens is 673 g/mol. The third kappa shape index (κ3) is 11.6. The molecule has 3 aliphatic carbocycles. The molecule has 2 heterocycles. The Morgan fingerprint density at radius 2 is 1.87 bits per heavy atom. The van der Waals surface area contributed by atoms with Gasteiger partial charge < -0.3 is 31.1 Å². The molecule has 4 amide bonds. The number of nitrogens with one attached hydrogen (secondary N) is 4. The number of hydrogen-bond acceptors (Lipinski definition) is 6. The van der Waals surface area contributed by atoms with Gasteiger partial charge in [-0.1, -0.05) is 56.6 Å². The molecule has 52 heavy (non-hydrogen) atoms. The van der Waals surface area contributed by atoms with E-state index in [2.05, 4.69) is 53.8 Å². The van der Waals surface area contributed by atoms with Gasteiger partial charge in [0.1, 0.15) is 0 Å². The molecule has 2 saturated heterocycles. The lowest BCUT2D eigenvalue weighted by atomic mass is 9.60. The average Bonchev–Trinajstić information content (AvgIpc) is 3.73. The molecule has 0 aromatic heterocycles. The van der Waals surface area contributed by atoms with E-state index in [0.29, 0.717) is 49.8 Å². The van der Waals surface area contributed by atoms with Crippen molar-refractivity contribution in [3.05, 3.63) is 35.5 Å². The van der Waals surface area contributed by atoms with Gasteiger partial charge in [-0.25, -0.2) is 4.79 Å². The van der Waals surface area contributed by atoms with E-state index in [0.717, 1.165) is 63.7 Å². The van der Waals surface area contributed by atoms with Crippen LogP contribution in [0.15, 0.2) is 35.5 Å². The highest BCUT2D eigenvalue weighted by Crippen LogP contribution is 2.60. The second-order valence-electron chi connectivity index (χ2n) is 17.4. The van der Waals surface area contributed by atoms with Crippen molar-refractivity contribution in [3.8, 4) is 0 Å². The summed E-state index contributed by atoms with van der Waals surface area (Å²) in [4.78, 5) is 36.0. The van der Waals surface area contributed by atoms with Crippen molar-refractivity contribution in [1.82, 2.24) is 21.3 Å². The second-order valence-corrected chi connectivity index (χ2v) is 18.9. The summed E-state index contributed by atoms with van der Waals surface area (Å²) in [5.74, 6) is 2.22. The Labute approximate surface area is 317 Å². The van der Waals surface area contributed by atoms with E-state index in [1.807, 2.05) is 13.8 Å². The van der Waals surface area contributed by atoms with Gasteiger partial charge in [0.25, 0.3) is 0 Å². The molecule has 8 atom stereocenters. The van der Waals surface area contributed by atoms with Gasteiger partial charge in [-0.2, -0.15) is 0 Å². The van der Waals surface area contributed by atoms with Crippen LogP contribution in [0.1, 0.15) is 137 Å². The van der Waals surface area contributed by atoms with Crippen molar-refractivity contribution in [1.29, 1.82) is 0 Å². The lowest BCUT2D eigenvalue weighted by molar-refractivity contribution is -0.121. The minimum Gasteiger partial charge on any atom is -0.390 e. The van der Waals surface area contributed by atoms with Gasteiger partial charge in [-0.05, 0) is 126 Å². The summed E-state index contributed by atoms with van der Waals surface area (Å²) >= 11 is 1.66. The molecule has 5 rings (SSSR count). The number of carbonyl (C=O) groups is 3. The first kappa shape index (κ1) is 40.9. The number of thioether (sulfide) groups is 1. The normalized spacial score (nSPS) is 32.3. The van der Waals surface area contributed by atoms with Crippen LogP contribution in [0.5, 0.6) is 0 Å². The van der Waals surface area contributed by atoms with E-state index in [9.17, 15) is 19.5 Å². The maximum Gasteiger partial charge on any atom is 0.316 e. The van der Waals surface area contributed by atoms with E-state index in [1.165, 1.54) is 49.7 Å². The summed E-state index contributed by atoms with van der Waals surface area (Å²) in [7, 11) is 0. The molecule has 0 bridgehead atoms. The molecule has 0 spiro atoms. The second kappa shape index (κ2) is 18.8. The van der Waals surface area contributed by atoms with E-state index < -0.39 is 5.60 Å². The number of aliphatic hydroxyl groups is 1. The number of ether oxygens (including phenoxy) is 1. The van der Waals surface area contributed by atoms with Crippen LogP contribution in [0.3, 0.4) is 0 Å². The van der Waals surface area contributed by atoms with Crippen LogP contribution in [0.25, 0.3) is 0 Å². The van der Waals surface area contributed by atoms with Gasteiger partial charge >= 0.3 is 6.03 Å². The molecule has 10 heteroatoms. The monoisotopic (exact) mass is 740 g/mol. The maximum absolute atomic E-state index is 12.3. The molecule has 2 aliphatic heterocycles. The number of unbranched alkanes of at least 4 members (excludes halogenated alkanes) is 1. The van der Waals surface area contributed by atoms with Crippen molar-refractivity contribution in [2.75, 3.05) is 19.7 Å². The van der Waals surface area contributed by atoms with Gasteiger partial charge in [0.05, 0.1) is 23.1 Å². The van der Waals surface area contributed by atoms with Crippen molar-refractivity contribution in [2.24, 2.45) is 23.2 Å². The van der Waals surface area contributed by atoms with Crippen LogP contribution in [0, 0.1) is 23.2 Å². The lowest BCUT2D eigenvalue weighted by Gasteiger charge is -2.44. The molecular formula is C42H68N4O5S. The SMILES string of the molecule is C=C1CC[C@H](OCCCNC(=O)CCCCNC(=O)CC2C[C@H]3NC(=O)N[C@H]3S2)C/C1=C/C=C1\CCC[C@@]2(C)C1CCC2[C@H](C)CCCC(C)(C)O. The van der Waals surface area contributed by atoms with Gasteiger partial charge in [0, 0.05) is 37.8 Å². The summed E-state index contributed by atoms with van der Waals surface area (Å²) in [5.41, 5.74) is 4.04. The summed E-state index contributed by atoms with van der Waals surface area (Å²) in [5, 5.41) is 22.3. The molecule has 3 unspecified atom stereocenters. The van der Waals surface area contributed by atoms with E-state index in [-0.39, 0.29) is 40.6 Å². The Morgan fingerprint density at radius 1 is 1.08 bits per heavy atom. The predicted molar refractivity (Wildman–Crippen MR) is 211 cm³/mol. The summed E-state index contributed by atoms with van der Waals surface area (Å²) in [6, 6.07) is -0.00136. The quantitative estimate of drug-likeness (QED) is 0.0929. The number of fused-ring (bicyclic) bond motifs is 2. The maximum atomic E-state index is 12.3. The summed E-state index contributed by atoms with van der Waals surface area (Å²) in [6.45, 7) is 15.1. The Bertz CT molecular complexity index is 1310. The Kier molecular flexibility index (Phi) is 14.8. The van der Waals surface area contributed by atoms with Gasteiger partial charge in [0.15, 0.2) is 0 Å². The van der Waals surface area contributed by atoms with Gasteiger partial charge in [-0.3, -0.25) is 9.59 Å². The van der Waals surface area contributed by atoms with Crippen molar-refractivity contribution in [3.63, 3.8) is 0 Å². The van der Waals surface area contributed by atoms with Crippen LogP contribution in [0.2, 0.25) is 0 Å². The molecule has 5 N–H and O–H groups in total. The molecule has 5 aliphatic rings. The van der Waals surface area contributed by atoms with Gasteiger partial charge in [0.2, 0.25) is 11.8 Å². The third-order valence-corrected chi connectivity index (χ3v) is 14.2. The third-order valence-electron chi connectivity index (χ3n) is 12.7. The number of carbonyl (C=O) groups excluding carboxylic acids is 3. The number of amides is 4. The van der Waals surface area contributed by atoms with E-state index in [1.54, 1.807) is 17.3 Å². The first-order chi connectivity index (χ1) is 24.8. The minimum absolute atomic E-state index is 0.0330. The summed E-state index contributed by atoms with van der Waals surface area (Å²) in [6.07, 6.45) is 21.6. The number of hydrogen-bond donors (Lipinski definition) is 5. The molecule has 292 valence electrons. The molecule has 5 fully saturated rings. The molecule has 0 radical (unpaired) electrons. The zero-order valence-corrected chi connectivity index (χ0v) is 33.4. The summed E-state index contributed by atoms with van der Waals surface area (Å²) < 4.78 is 6.29. The predicted octanol–water partition coefficient (Wildman–Crippen LogP) is 7.45. The Morgan fingerprint density at radius 3 is 2.65 bits per heavy atom. The average molecular weight is 741 g/mol. The van der Waals surface area contributed by atoms with Crippen molar-refractivity contribution in [2.45, 2.75) is 165 Å². The largest absolute Gasteiger partial charge is 0.390 e. The highest BCUT2D eigenvalue weighted by molar-refractivity contribution is 8.00. The Balaban J connectivity index is 0.940. The number of urea groups is 1. The minimum atomic E-state index is -0.566. The first-order valence-corrected chi connectivity index (χ1v) is 21.4.